The molecule has 0 aromatic carbocycles. The summed E-state index contributed by atoms with van der Waals surface area (Å²) < 4.78 is 1.78. The van der Waals surface area contributed by atoms with Gasteiger partial charge in [-0.1, -0.05) is 45.7 Å². The highest BCUT2D eigenvalue weighted by atomic mass is 16.2. The van der Waals surface area contributed by atoms with Crippen molar-refractivity contribution in [2.45, 2.75) is 116 Å². The molecule has 0 aliphatic carbocycles. The number of amides is 8. The van der Waals surface area contributed by atoms with Gasteiger partial charge >= 0.3 is 0 Å². The Morgan fingerprint density at radius 3 is 1.27 bits per heavy atom. The number of terminal acetylenes is 1. The van der Waals surface area contributed by atoms with E-state index in [0.29, 0.717) is 25.7 Å². The van der Waals surface area contributed by atoms with E-state index in [1.807, 2.05) is 6.20 Å². The number of primary amides is 1. The summed E-state index contributed by atoms with van der Waals surface area (Å²) >= 11 is 0. The van der Waals surface area contributed by atoms with Gasteiger partial charge in [-0.3, -0.25) is 38.4 Å². The predicted octanol–water partition coefficient (Wildman–Crippen LogP) is 4.91. The maximum absolute atomic E-state index is 11.1. The molecule has 0 bridgehead atoms. The zero-order chi connectivity index (χ0) is 52.9. The van der Waals surface area contributed by atoms with E-state index in [1.165, 1.54) is 19.0 Å². The second-order valence-corrected chi connectivity index (χ2v) is 14.7. The molecule has 0 spiro atoms. The minimum atomic E-state index is 0.204. The second kappa shape index (κ2) is 50.8. The van der Waals surface area contributed by atoms with Crippen molar-refractivity contribution in [3.63, 3.8) is 0 Å². The van der Waals surface area contributed by atoms with Gasteiger partial charge in [0, 0.05) is 109 Å². The third-order valence-electron chi connectivity index (χ3n) is 9.53. The van der Waals surface area contributed by atoms with Crippen molar-refractivity contribution in [1.82, 2.24) is 55.5 Å². The zero-order valence-corrected chi connectivity index (χ0v) is 41.2. The van der Waals surface area contributed by atoms with Crippen molar-refractivity contribution in [2.24, 2.45) is 5.73 Å². The lowest BCUT2D eigenvalue weighted by atomic mass is 10.1. The summed E-state index contributed by atoms with van der Waals surface area (Å²) in [5.41, 5.74) is 4.17. The number of aromatic nitrogens is 4. The fourth-order valence-electron chi connectivity index (χ4n) is 5.91. The van der Waals surface area contributed by atoms with Crippen molar-refractivity contribution in [2.75, 3.05) is 39.3 Å². The third-order valence-corrected chi connectivity index (χ3v) is 9.53. The molecule has 8 rings (SSSR count). The lowest BCUT2D eigenvalue weighted by Gasteiger charge is -2.21. The van der Waals surface area contributed by atoms with E-state index < -0.39 is 0 Å². The van der Waals surface area contributed by atoms with E-state index in [0.717, 1.165) is 123 Å². The van der Waals surface area contributed by atoms with Gasteiger partial charge in [-0.2, -0.15) is 0 Å². The van der Waals surface area contributed by atoms with Crippen LogP contribution in [0.15, 0.2) is 95.1 Å². The molecule has 8 amide bonds. The van der Waals surface area contributed by atoms with E-state index >= 15 is 0 Å². The summed E-state index contributed by atoms with van der Waals surface area (Å²) in [5, 5.41) is 10.4. The molecular formula is C50H80N12O8. The van der Waals surface area contributed by atoms with Crippen molar-refractivity contribution in [1.29, 1.82) is 0 Å². The number of carbonyl (C=O) groups is 8. The SMILES string of the molecule is C#C.C=CN1CCCC1=O.C=CN1CCCCC1=O.C=CN1CCCCCC1=O.C=CNC=O.C=Cn1ccnc1.NC=O.O=C1CCCCCN1.O=C1CCCCN1.O=C1CCCN1.c1c[nH]cn1. The number of aromatic amines is 1. The maximum atomic E-state index is 11.1. The van der Waals surface area contributed by atoms with Gasteiger partial charge in [0.05, 0.1) is 12.7 Å². The molecule has 388 valence electrons. The number of hydrogen-bond donors (Lipinski definition) is 6. The molecule has 6 aliphatic heterocycles. The Kier molecular flexibility index (Phi) is 48.5. The van der Waals surface area contributed by atoms with Gasteiger partial charge in [0.15, 0.2) is 0 Å². The Morgan fingerprint density at radius 1 is 0.543 bits per heavy atom. The fourth-order valence-corrected chi connectivity index (χ4v) is 5.91. The normalized spacial score (nSPS) is 16.2. The number of nitrogens with one attached hydrogen (secondary N) is 5. The van der Waals surface area contributed by atoms with Gasteiger partial charge in [0.1, 0.15) is 0 Å². The number of hydrogen-bond acceptors (Lipinski definition) is 10. The van der Waals surface area contributed by atoms with Gasteiger partial charge < -0.3 is 51.3 Å². The van der Waals surface area contributed by atoms with Crippen LogP contribution in [0, 0.1) is 12.8 Å². The number of nitrogens with zero attached hydrogens (tertiary/aromatic N) is 6. The van der Waals surface area contributed by atoms with Crippen LogP contribution in [0.1, 0.15) is 116 Å². The van der Waals surface area contributed by atoms with Gasteiger partial charge in [0.2, 0.25) is 48.3 Å². The minimum Gasteiger partial charge on any atom is -0.372 e. The number of carbonyl (C=O) groups excluding carboxylic acids is 8. The Labute approximate surface area is 415 Å². The monoisotopic (exact) mass is 977 g/mol. The molecule has 0 radical (unpaired) electrons. The van der Waals surface area contributed by atoms with Crippen LogP contribution in [-0.4, -0.2) is 122 Å². The number of imidazole rings is 2. The average molecular weight is 977 g/mol. The molecule has 0 unspecified atom stereocenters. The number of likely N-dealkylation sites (tertiary alicyclic amines) is 3. The van der Waals surface area contributed by atoms with Crippen LogP contribution < -0.4 is 27.0 Å². The number of rotatable bonds is 6. The topological polar surface area (TPSA) is 267 Å². The molecule has 2 aromatic rings. The summed E-state index contributed by atoms with van der Waals surface area (Å²) in [5.74, 6) is 1.30. The van der Waals surface area contributed by atoms with Crippen molar-refractivity contribution in [3.05, 3.63) is 95.1 Å². The number of piperidine rings is 2. The molecule has 70 heavy (non-hydrogen) atoms. The highest BCUT2D eigenvalue weighted by Crippen LogP contribution is 2.11. The summed E-state index contributed by atoms with van der Waals surface area (Å²) in [4.78, 5) is 96.8. The third kappa shape index (κ3) is 41.8. The molecule has 6 fully saturated rings. The van der Waals surface area contributed by atoms with Crippen LogP contribution in [0.2, 0.25) is 0 Å². The summed E-state index contributed by atoms with van der Waals surface area (Å²) in [6, 6.07) is 0. The summed E-state index contributed by atoms with van der Waals surface area (Å²) in [7, 11) is 0. The van der Waals surface area contributed by atoms with E-state index in [9.17, 15) is 33.6 Å². The van der Waals surface area contributed by atoms with Gasteiger partial charge in [-0.05, 0) is 89.0 Å². The average Bonchev–Trinajstić information content (AvgIpc) is 4.24. The smallest absolute Gasteiger partial charge is 0.226 e. The van der Waals surface area contributed by atoms with Gasteiger partial charge in [-0.25, -0.2) is 9.97 Å². The Bertz CT molecular complexity index is 1700. The van der Waals surface area contributed by atoms with E-state index in [2.05, 4.69) is 87.7 Å². The first-order valence-electron chi connectivity index (χ1n) is 23.4. The van der Waals surface area contributed by atoms with Crippen LogP contribution in [0.25, 0.3) is 6.20 Å². The minimum absolute atomic E-state index is 0.204. The number of H-pyrrole nitrogens is 1. The van der Waals surface area contributed by atoms with Crippen molar-refractivity contribution in [3.8, 4) is 12.8 Å². The van der Waals surface area contributed by atoms with Gasteiger partial charge in [0.25, 0.3) is 0 Å². The Balaban J connectivity index is -0.000000718. The lowest BCUT2D eigenvalue weighted by molar-refractivity contribution is -0.130. The second-order valence-electron chi connectivity index (χ2n) is 14.7. The lowest BCUT2D eigenvalue weighted by Crippen LogP contribution is -2.29. The largest absolute Gasteiger partial charge is 0.372 e. The van der Waals surface area contributed by atoms with Crippen LogP contribution in [0.4, 0.5) is 0 Å². The summed E-state index contributed by atoms with van der Waals surface area (Å²) in [6.45, 7) is 22.6. The van der Waals surface area contributed by atoms with Crippen LogP contribution >= 0.6 is 0 Å². The highest BCUT2D eigenvalue weighted by molar-refractivity contribution is 5.79. The fraction of sp³-hybridized carbons (Fsp3) is 0.480. The molecule has 7 N–H and O–H groups in total. The maximum Gasteiger partial charge on any atom is 0.226 e. The highest BCUT2D eigenvalue weighted by Gasteiger charge is 2.16. The van der Waals surface area contributed by atoms with Crippen LogP contribution in [-0.2, 0) is 38.4 Å². The molecule has 8 heterocycles. The van der Waals surface area contributed by atoms with Gasteiger partial charge in [-0.15, -0.1) is 12.8 Å². The molecule has 0 atom stereocenters. The molecule has 6 aliphatic rings. The molecule has 20 nitrogen and oxygen atoms in total. The van der Waals surface area contributed by atoms with Crippen molar-refractivity contribution < 1.29 is 38.4 Å². The Morgan fingerprint density at radius 2 is 0.957 bits per heavy atom. The van der Waals surface area contributed by atoms with E-state index in [-0.39, 0.29) is 41.9 Å². The first-order chi connectivity index (χ1) is 34.0. The molecule has 20 heteroatoms. The predicted molar refractivity (Wildman–Crippen MR) is 275 cm³/mol. The standard InChI is InChI=1S/C8H13NO.C7H11NO.C6H9NO.C6H11NO.C5H6N2.C5H9NO.C4H7NO.C3H4N2.C3H5NO.C2H2.CH3NO/c1-2-9-7-5-3-4-6-8(9)10;1-2-8-6-4-3-5-7(8)9;1-2-7-5-3-4-6(7)8;8-6-4-2-1-3-5-7-6;1-2-7-4-3-6-5-7;7-5-3-1-2-4-6-5;6-4-2-1-3-5-4;1-2-5-3-4-1;1-2-4-3-5;1-2;2-1-3/h2H,1,3-7H2;2H,1,3-6H2;2H,1,3-5H2;1-5H2,(H,7,8);2-5H,1H2;1-4H2,(H,6,7);1-3H2,(H,5,6);1-3H,(H,4,5);2-3H,1H2,(H,4,5);1-2H;1H,(H2,2,3). The van der Waals surface area contributed by atoms with E-state index in [4.69, 9.17) is 4.79 Å². The van der Waals surface area contributed by atoms with Crippen molar-refractivity contribution >= 4 is 54.5 Å². The molecular weight excluding hydrogens is 897 g/mol. The zero-order valence-electron chi connectivity index (χ0n) is 41.2. The molecule has 6 saturated heterocycles. The molecule has 2 aromatic heterocycles. The van der Waals surface area contributed by atoms with E-state index in [1.54, 1.807) is 75.3 Å². The quantitative estimate of drug-likeness (QED) is 0.168. The first kappa shape index (κ1) is 66.7. The van der Waals surface area contributed by atoms with Crippen LogP contribution in [0.5, 0.6) is 0 Å². The Hall–Kier alpha value is -7.56. The molecule has 0 saturated carbocycles. The summed E-state index contributed by atoms with van der Waals surface area (Å²) in [6.07, 6.45) is 44.5. The number of nitrogens with two attached hydrogens (primary N) is 1. The first-order valence-corrected chi connectivity index (χ1v) is 23.4. The van der Waals surface area contributed by atoms with Crippen LogP contribution in [0.3, 0.4) is 0 Å².